The first-order valence-electron chi connectivity index (χ1n) is 9.69. The van der Waals surface area contributed by atoms with Crippen molar-refractivity contribution in [3.05, 3.63) is 80.6 Å². The first-order chi connectivity index (χ1) is 14.4. The minimum atomic E-state index is -0.349. The Balaban J connectivity index is 1.70. The van der Waals surface area contributed by atoms with Gasteiger partial charge in [0, 0.05) is 12.1 Å². The third kappa shape index (κ3) is 4.02. The molecule has 0 aliphatic heterocycles. The van der Waals surface area contributed by atoms with Crippen molar-refractivity contribution >= 4 is 27.5 Å². The van der Waals surface area contributed by atoms with Crippen LogP contribution in [0.25, 0.3) is 21.5 Å². The van der Waals surface area contributed by atoms with E-state index < -0.39 is 0 Å². The molecule has 0 bridgehead atoms. The molecule has 0 aliphatic carbocycles. The fourth-order valence-corrected chi connectivity index (χ4v) is 4.33. The molecule has 0 atom stereocenters. The summed E-state index contributed by atoms with van der Waals surface area (Å²) in [4.78, 5) is 29.9. The third-order valence-electron chi connectivity index (χ3n) is 4.87. The number of rotatable bonds is 5. The first-order valence-corrected chi connectivity index (χ1v) is 10.5. The fourth-order valence-electron chi connectivity index (χ4n) is 3.42. The normalized spacial score (nSPS) is 11.0. The maximum atomic E-state index is 12.9. The summed E-state index contributed by atoms with van der Waals surface area (Å²) < 4.78 is 1.97. The second-order valence-corrected chi connectivity index (χ2v) is 8.51. The maximum Gasteiger partial charge on any atom is 0.294 e. The van der Waals surface area contributed by atoms with Gasteiger partial charge in [-0.3, -0.25) is 9.59 Å². The van der Waals surface area contributed by atoms with Crippen LogP contribution < -0.4 is 10.9 Å². The number of carbonyl (C=O) groups is 1. The second kappa shape index (κ2) is 8.20. The van der Waals surface area contributed by atoms with Crippen LogP contribution >= 0.6 is 11.3 Å². The molecular weight excluding hydrogens is 396 g/mol. The highest BCUT2D eigenvalue weighted by molar-refractivity contribution is 7.19. The third-order valence-corrected chi connectivity index (χ3v) is 5.85. The number of aromatic nitrogens is 3. The molecule has 4 rings (SSSR count). The van der Waals surface area contributed by atoms with Crippen LogP contribution in [-0.2, 0) is 17.9 Å². The zero-order valence-electron chi connectivity index (χ0n) is 17.1. The van der Waals surface area contributed by atoms with Gasteiger partial charge in [-0.2, -0.15) is 5.10 Å². The van der Waals surface area contributed by atoms with Crippen LogP contribution in [0.5, 0.6) is 0 Å². The van der Waals surface area contributed by atoms with Crippen LogP contribution in [0.2, 0.25) is 0 Å². The Hall–Kier alpha value is -3.32. The highest BCUT2D eigenvalue weighted by Crippen LogP contribution is 2.31. The van der Waals surface area contributed by atoms with Crippen LogP contribution in [0.4, 0.5) is 0 Å². The number of carbonyl (C=O) groups excluding carboxylic acids is 1. The van der Waals surface area contributed by atoms with E-state index in [2.05, 4.69) is 21.5 Å². The van der Waals surface area contributed by atoms with Crippen molar-refractivity contribution in [3.8, 4) is 11.3 Å². The van der Waals surface area contributed by atoms with E-state index in [1.165, 1.54) is 16.0 Å². The average Bonchev–Trinajstić information content (AvgIpc) is 3.12. The van der Waals surface area contributed by atoms with Gasteiger partial charge in [0.05, 0.1) is 9.71 Å². The number of aryl methyl sites for hydroxylation is 3. The highest BCUT2D eigenvalue weighted by atomic mass is 32.1. The average molecular weight is 419 g/mol. The Morgan fingerprint density at radius 1 is 1.10 bits per heavy atom. The van der Waals surface area contributed by atoms with Gasteiger partial charge in [0.25, 0.3) is 5.56 Å². The van der Waals surface area contributed by atoms with E-state index >= 15 is 0 Å². The number of nitrogens with zero attached hydrogens (tertiary/aromatic N) is 3. The van der Waals surface area contributed by atoms with Crippen molar-refractivity contribution in [2.45, 2.75) is 33.9 Å². The number of amides is 1. The summed E-state index contributed by atoms with van der Waals surface area (Å²) in [5.74, 6) is -0.272. The molecule has 0 fully saturated rings. The zero-order chi connectivity index (χ0) is 21.3. The lowest BCUT2D eigenvalue weighted by Crippen LogP contribution is -2.33. The molecular formula is C23H22N4O2S. The van der Waals surface area contributed by atoms with Crippen molar-refractivity contribution < 1.29 is 4.79 Å². The van der Waals surface area contributed by atoms with E-state index in [-0.39, 0.29) is 18.0 Å². The highest BCUT2D eigenvalue weighted by Gasteiger charge is 2.19. The molecule has 152 valence electrons. The summed E-state index contributed by atoms with van der Waals surface area (Å²) in [6, 6.07) is 15.7. The van der Waals surface area contributed by atoms with E-state index in [1.807, 2.05) is 63.2 Å². The van der Waals surface area contributed by atoms with Crippen molar-refractivity contribution in [1.82, 2.24) is 20.1 Å². The zero-order valence-corrected chi connectivity index (χ0v) is 17.9. The second-order valence-electron chi connectivity index (χ2n) is 7.30. The van der Waals surface area contributed by atoms with Crippen molar-refractivity contribution in [2.75, 3.05) is 0 Å². The smallest absolute Gasteiger partial charge is 0.294 e. The molecule has 0 unspecified atom stereocenters. The molecule has 0 spiro atoms. The van der Waals surface area contributed by atoms with Gasteiger partial charge in [-0.1, -0.05) is 54.1 Å². The molecule has 0 saturated heterocycles. The molecule has 1 amide bonds. The van der Waals surface area contributed by atoms with E-state index in [0.29, 0.717) is 17.8 Å². The molecule has 0 radical (unpaired) electrons. The van der Waals surface area contributed by atoms with Crippen LogP contribution in [0.15, 0.2) is 53.3 Å². The lowest BCUT2D eigenvalue weighted by atomic mass is 10.0. The number of hydrogen-bond acceptors (Lipinski definition) is 5. The first kappa shape index (κ1) is 20.0. The number of hydrogen-bond donors (Lipinski definition) is 1. The Labute approximate surface area is 178 Å². The van der Waals surface area contributed by atoms with E-state index in [0.717, 1.165) is 32.0 Å². The van der Waals surface area contributed by atoms with Gasteiger partial charge in [-0.15, -0.1) is 11.3 Å². The largest absolute Gasteiger partial charge is 0.350 e. The molecule has 6 nitrogen and oxygen atoms in total. The molecule has 7 heteroatoms. The molecule has 1 N–H and O–H groups in total. The van der Waals surface area contributed by atoms with Gasteiger partial charge in [0.15, 0.2) is 5.52 Å². The van der Waals surface area contributed by atoms with Crippen LogP contribution in [0.3, 0.4) is 0 Å². The van der Waals surface area contributed by atoms with Crippen LogP contribution in [-0.4, -0.2) is 20.7 Å². The van der Waals surface area contributed by atoms with Crippen molar-refractivity contribution in [3.63, 3.8) is 0 Å². The van der Waals surface area contributed by atoms with Gasteiger partial charge >= 0.3 is 0 Å². The Bertz CT molecular complexity index is 1290. The Morgan fingerprint density at radius 2 is 1.87 bits per heavy atom. The minimum absolute atomic E-state index is 0.157. The summed E-state index contributed by atoms with van der Waals surface area (Å²) in [5.41, 5.74) is 4.84. The molecule has 30 heavy (non-hydrogen) atoms. The van der Waals surface area contributed by atoms with Crippen molar-refractivity contribution in [1.29, 1.82) is 0 Å². The summed E-state index contributed by atoms with van der Waals surface area (Å²) in [7, 11) is 0. The number of nitrogens with one attached hydrogen (secondary N) is 1. The van der Waals surface area contributed by atoms with Gasteiger partial charge in [0.2, 0.25) is 5.91 Å². The monoisotopic (exact) mass is 418 g/mol. The van der Waals surface area contributed by atoms with Crippen LogP contribution in [0.1, 0.15) is 21.7 Å². The summed E-state index contributed by atoms with van der Waals surface area (Å²) in [6.07, 6.45) is 0. The van der Waals surface area contributed by atoms with Crippen LogP contribution in [0, 0.1) is 20.8 Å². The Kier molecular flexibility index (Phi) is 5.46. The van der Waals surface area contributed by atoms with E-state index in [9.17, 15) is 9.59 Å². The van der Waals surface area contributed by atoms with Gasteiger partial charge in [-0.25, -0.2) is 9.67 Å². The quantitative estimate of drug-likeness (QED) is 0.535. The molecule has 4 aromatic rings. The number of thiazole rings is 1. The summed E-state index contributed by atoms with van der Waals surface area (Å²) in [5, 5.41) is 8.23. The SMILES string of the molecule is Cc1ccc(-c2nn(CC(=O)NCc3ccccc3)c(=O)c3nc(C)sc23)c(C)c1. The van der Waals surface area contributed by atoms with E-state index in [4.69, 9.17) is 0 Å². The molecule has 2 heterocycles. The molecule has 2 aromatic heterocycles. The van der Waals surface area contributed by atoms with E-state index in [1.54, 1.807) is 0 Å². The number of benzene rings is 2. The summed E-state index contributed by atoms with van der Waals surface area (Å²) in [6.45, 7) is 6.17. The summed E-state index contributed by atoms with van der Waals surface area (Å²) >= 11 is 1.45. The lowest BCUT2D eigenvalue weighted by Gasteiger charge is -2.11. The lowest BCUT2D eigenvalue weighted by molar-refractivity contribution is -0.122. The molecule has 0 aliphatic rings. The fraction of sp³-hybridized carbons (Fsp3) is 0.217. The van der Waals surface area contributed by atoms with Crippen molar-refractivity contribution in [2.24, 2.45) is 0 Å². The molecule has 0 saturated carbocycles. The molecule has 2 aromatic carbocycles. The maximum absolute atomic E-state index is 12.9. The van der Waals surface area contributed by atoms with Gasteiger partial charge in [0.1, 0.15) is 12.2 Å². The minimum Gasteiger partial charge on any atom is -0.350 e. The van der Waals surface area contributed by atoms with Gasteiger partial charge in [-0.05, 0) is 31.9 Å². The topological polar surface area (TPSA) is 76.9 Å². The predicted molar refractivity (Wildman–Crippen MR) is 120 cm³/mol. The predicted octanol–water partition coefficient (Wildman–Crippen LogP) is 3.76. The van der Waals surface area contributed by atoms with Gasteiger partial charge < -0.3 is 5.32 Å². The standard InChI is InChI=1S/C23H22N4O2S/c1-14-9-10-18(15(2)11-14)20-22-21(25-16(3)30-22)23(29)27(26-20)13-19(28)24-12-17-7-5-4-6-8-17/h4-11H,12-13H2,1-3H3,(H,24,28). The Morgan fingerprint density at radius 3 is 2.60 bits per heavy atom. The number of fused-ring (bicyclic) bond motifs is 1.